The number of carbonyl (C=O) groups excluding carboxylic acids is 1. The van der Waals surface area contributed by atoms with Crippen molar-refractivity contribution >= 4 is 47.3 Å². The van der Waals surface area contributed by atoms with Crippen LogP contribution in [-0.2, 0) is 19.2 Å². The van der Waals surface area contributed by atoms with Crippen LogP contribution in [0.25, 0.3) is 0 Å². The summed E-state index contributed by atoms with van der Waals surface area (Å²) in [5, 5.41) is 28.0. The topological polar surface area (TPSA) is 167 Å². The number of nitrogens with two attached hydrogens (primary N) is 1. The Kier molecular flexibility index (Phi) is 9.58. The van der Waals surface area contributed by atoms with E-state index in [1.165, 1.54) is 0 Å². The average molecular weight is 340 g/mol. The molecule has 0 aromatic rings. The third-order valence-corrected chi connectivity index (χ3v) is 4.05. The molecule has 0 unspecified atom stereocenters. The largest absolute Gasteiger partial charge is 0.481 e. The van der Waals surface area contributed by atoms with Crippen LogP contribution in [0, 0.1) is 0 Å². The summed E-state index contributed by atoms with van der Waals surface area (Å²) in [6.45, 7) is 0. The second kappa shape index (κ2) is 10.3. The van der Waals surface area contributed by atoms with Gasteiger partial charge in [-0.3, -0.25) is 14.4 Å². The van der Waals surface area contributed by atoms with Crippen molar-refractivity contribution in [1.29, 1.82) is 0 Å². The van der Waals surface area contributed by atoms with Crippen LogP contribution < -0.4 is 11.1 Å². The van der Waals surface area contributed by atoms with E-state index >= 15 is 0 Å². The van der Waals surface area contributed by atoms with E-state index in [-0.39, 0.29) is 23.0 Å². The maximum absolute atomic E-state index is 11.6. The van der Waals surface area contributed by atoms with E-state index in [1.54, 1.807) is 0 Å². The van der Waals surface area contributed by atoms with Crippen LogP contribution in [-0.4, -0.2) is 74.2 Å². The summed E-state index contributed by atoms with van der Waals surface area (Å²) in [6, 6.07) is -2.29. The van der Waals surface area contributed by atoms with Crippen molar-refractivity contribution in [1.82, 2.24) is 5.32 Å². The Labute approximate surface area is 128 Å². The van der Waals surface area contributed by atoms with Gasteiger partial charge < -0.3 is 26.4 Å². The van der Waals surface area contributed by atoms with Gasteiger partial charge in [-0.1, -0.05) is 0 Å². The molecule has 0 aliphatic rings. The second-order valence-corrected chi connectivity index (χ2v) is 5.88. The first-order valence-electron chi connectivity index (χ1n) is 5.61. The van der Waals surface area contributed by atoms with Crippen molar-refractivity contribution in [3.05, 3.63) is 0 Å². The maximum atomic E-state index is 11.6. The molecule has 0 heterocycles. The number of thioether (sulfide) groups is 2. The first kappa shape index (κ1) is 19.5. The van der Waals surface area contributed by atoms with Gasteiger partial charge in [0.2, 0.25) is 5.91 Å². The minimum Gasteiger partial charge on any atom is -0.481 e. The number of carboxylic acids is 3. The van der Waals surface area contributed by atoms with Crippen LogP contribution in [0.1, 0.15) is 0 Å². The van der Waals surface area contributed by atoms with Gasteiger partial charge in [-0.25, -0.2) is 4.79 Å². The number of carbonyl (C=O) groups is 4. The molecule has 0 saturated heterocycles. The van der Waals surface area contributed by atoms with Crippen molar-refractivity contribution in [3.8, 4) is 0 Å². The zero-order valence-corrected chi connectivity index (χ0v) is 12.5. The highest BCUT2D eigenvalue weighted by molar-refractivity contribution is 8.00. The van der Waals surface area contributed by atoms with Crippen molar-refractivity contribution in [2.24, 2.45) is 5.73 Å². The minimum atomic E-state index is -1.30. The Balaban J connectivity index is 4.23. The summed E-state index contributed by atoms with van der Waals surface area (Å²) in [7, 11) is 0. The van der Waals surface area contributed by atoms with Crippen LogP contribution in [0.2, 0.25) is 0 Å². The summed E-state index contributed by atoms with van der Waals surface area (Å²) in [6.07, 6.45) is 0. The summed E-state index contributed by atoms with van der Waals surface area (Å²) in [5.41, 5.74) is 5.51. The van der Waals surface area contributed by atoms with Crippen LogP contribution in [0.5, 0.6) is 0 Å². The van der Waals surface area contributed by atoms with Crippen LogP contribution in [0.15, 0.2) is 0 Å². The Bertz CT molecular complexity index is 405. The Hall–Kier alpha value is -1.46. The third kappa shape index (κ3) is 9.98. The van der Waals surface area contributed by atoms with Gasteiger partial charge in [0.15, 0.2) is 0 Å². The van der Waals surface area contributed by atoms with Crippen molar-refractivity contribution in [3.63, 3.8) is 0 Å². The number of hydrogen-bond acceptors (Lipinski definition) is 7. The number of nitrogens with one attached hydrogen (secondary N) is 1. The highest BCUT2D eigenvalue weighted by Crippen LogP contribution is 2.05. The molecule has 0 radical (unpaired) electrons. The second-order valence-electron chi connectivity index (χ2n) is 3.82. The van der Waals surface area contributed by atoms with Gasteiger partial charge in [0.1, 0.15) is 6.04 Å². The number of carboxylic acid groups (broad SMARTS) is 3. The van der Waals surface area contributed by atoms with E-state index in [4.69, 9.17) is 21.1 Å². The van der Waals surface area contributed by atoms with Gasteiger partial charge in [-0.15, -0.1) is 23.5 Å². The fraction of sp³-hybridized carbons (Fsp3) is 0.600. The Morgan fingerprint density at radius 3 is 1.86 bits per heavy atom. The Morgan fingerprint density at radius 2 is 1.43 bits per heavy atom. The number of amides is 1. The fourth-order valence-corrected chi connectivity index (χ4v) is 2.52. The molecule has 0 aromatic carbocycles. The predicted molar refractivity (Wildman–Crippen MR) is 77.5 cm³/mol. The molecule has 2 atom stereocenters. The average Bonchev–Trinajstić information content (AvgIpc) is 2.36. The minimum absolute atomic E-state index is 0.0345. The molecule has 1 amide bonds. The Morgan fingerprint density at radius 1 is 0.952 bits per heavy atom. The normalized spacial score (nSPS) is 13.2. The van der Waals surface area contributed by atoms with Gasteiger partial charge in [0.25, 0.3) is 0 Å². The number of aliphatic carboxylic acids is 3. The van der Waals surface area contributed by atoms with E-state index in [0.717, 1.165) is 23.5 Å². The summed E-state index contributed by atoms with van der Waals surface area (Å²) in [5.74, 6) is -4.71. The highest BCUT2D eigenvalue weighted by Gasteiger charge is 2.23. The summed E-state index contributed by atoms with van der Waals surface area (Å²) >= 11 is 1.79. The van der Waals surface area contributed by atoms with Crippen LogP contribution in [0.4, 0.5) is 0 Å². The zero-order valence-electron chi connectivity index (χ0n) is 10.9. The summed E-state index contributed by atoms with van der Waals surface area (Å²) < 4.78 is 0. The molecular weight excluding hydrogens is 324 g/mol. The lowest BCUT2D eigenvalue weighted by molar-refractivity contribution is -0.141. The van der Waals surface area contributed by atoms with Gasteiger partial charge >= 0.3 is 17.9 Å². The van der Waals surface area contributed by atoms with Crippen LogP contribution >= 0.6 is 23.5 Å². The quantitative estimate of drug-likeness (QED) is 0.299. The molecular formula is C10H16N2O7S2. The van der Waals surface area contributed by atoms with Crippen molar-refractivity contribution in [2.45, 2.75) is 12.1 Å². The molecule has 0 fully saturated rings. The molecule has 11 heteroatoms. The van der Waals surface area contributed by atoms with Gasteiger partial charge in [0, 0.05) is 11.5 Å². The SMILES string of the molecule is N[C@@H](CSCC(=O)O)C(=O)N[C@@H](CSCC(=O)O)C(=O)O. The van der Waals surface area contributed by atoms with Crippen molar-refractivity contribution < 1.29 is 34.5 Å². The molecule has 120 valence electrons. The first-order chi connectivity index (χ1) is 9.73. The van der Waals surface area contributed by atoms with E-state index < -0.39 is 35.9 Å². The first-order valence-corrected chi connectivity index (χ1v) is 7.92. The smallest absolute Gasteiger partial charge is 0.327 e. The molecule has 0 rings (SSSR count). The molecule has 9 nitrogen and oxygen atoms in total. The molecule has 0 aliphatic carbocycles. The molecule has 0 saturated carbocycles. The van der Waals surface area contributed by atoms with E-state index in [9.17, 15) is 19.2 Å². The lowest BCUT2D eigenvalue weighted by atomic mass is 10.3. The van der Waals surface area contributed by atoms with Gasteiger partial charge in [-0.05, 0) is 0 Å². The molecule has 0 bridgehead atoms. The standard InChI is InChI=1S/C10H16N2O7S2/c11-5(1-20-3-7(13)14)9(17)12-6(10(18)19)2-21-4-8(15)16/h5-6H,1-4,11H2,(H,12,17)(H,13,14)(H,15,16)(H,18,19)/t5-,6-/m0/s1. The molecule has 21 heavy (non-hydrogen) atoms. The summed E-state index contributed by atoms with van der Waals surface area (Å²) in [4.78, 5) is 43.2. The molecule has 0 spiro atoms. The fourth-order valence-electron chi connectivity index (χ4n) is 1.07. The number of rotatable bonds is 11. The van der Waals surface area contributed by atoms with Crippen LogP contribution in [0.3, 0.4) is 0 Å². The highest BCUT2D eigenvalue weighted by atomic mass is 32.2. The predicted octanol–water partition coefficient (Wildman–Crippen LogP) is -1.48. The third-order valence-electron chi connectivity index (χ3n) is 1.98. The zero-order chi connectivity index (χ0) is 16.4. The number of hydrogen-bond donors (Lipinski definition) is 5. The molecule has 0 aromatic heterocycles. The lowest BCUT2D eigenvalue weighted by Gasteiger charge is -2.17. The molecule has 6 N–H and O–H groups in total. The van der Waals surface area contributed by atoms with E-state index in [0.29, 0.717) is 0 Å². The lowest BCUT2D eigenvalue weighted by Crippen LogP contribution is -2.50. The monoisotopic (exact) mass is 340 g/mol. The molecule has 0 aliphatic heterocycles. The van der Waals surface area contributed by atoms with Gasteiger partial charge in [-0.2, -0.15) is 0 Å². The van der Waals surface area contributed by atoms with Crippen molar-refractivity contribution in [2.75, 3.05) is 23.0 Å². The van der Waals surface area contributed by atoms with E-state index in [1.807, 2.05) is 0 Å². The maximum Gasteiger partial charge on any atom is 0.327 e. The van der Waals surface area contributed by atoms with E-state index in [2.05, 4.69) is 5.32 Å². The van der Waals surface area contributed by atoms with Gasteiger partial charge in [0.05, 0.1) is 17.5 Å².